The summed E-state index contributed by atoms with van der Waals surface area (Å²) in [7, 11) is 0. The molecule has 0 saturated heterocycles. The molecule has 0 fully saturated rings. The standard InChI is InChI=1S/C7H8.2C4H10.ClH.Sn/c1-7-5-3-2-4-6-7;2*1-3-4-2;;/h2-5H,1,6H2;2*3-4H2,1-2H3;1H;/p-1. The Bertz CT molecular complexity index is 175. The third-order valence-electron chi connectivity index (χ3n) is 1.96. The molecule has 1 rings (SSSR count). The zero-order valence-corrected chi connectivity index (χ0v) is 15.5. The van der Waals surface area contributed by atoms with Gasteiger partial charge < -0.3 is 12.4 Å². The van der Waals surface area contributed by atoms with Crippen molar-refractivity contribution in [3.8, 4) is 0 Å². The quantitative estimate of drug-likeness (QED) is 0.661. The van der Waals surface area contributed by atoms with Crippen LogP contribution in [0.15, 0.2) is 36.5 Å². The molecule has 0 bridgehead atoms. The predicted octanol–water partition coefficient (Wildman–Crippen LogP) is 2.29. The molecule has 0 nitrogen and oxygen atoms in total. The smallest absolute Gasteiger partial charge is 0 e. The fraction of sp³-hybridized carbons (Fsp3) is 0.600. The maximum atomic E-state index is 3.78. The van der Waals surface area contributed by atoms with E-state index in [1.807, 2.05) is 18.2 Å². The summed E-state index contributed by atoms with van der Waals surface area (Å²) in [6.45, 7) is 12.5. The SMILES string of the molecule is C=C1C=CC=CC1.CCCC.CCCC.[Cl-].[Sn]. The van der Waals surface area contributed by atoms with Crippen LogP contribution in [-0.2, 0) is 0 Å². The van der Waals surface area contributed by atoms with Crippen molar-refractivity contribution < 1.29 is 12.4 Å². The van der Waals surface area contributed by atoms with Gasteiger partial charge in [-0.15, -0.1) is 0 Å². The van der Waals surface area contributed by atoms with Gasteiger partial charge in [-0.05, 0) is 6.42 Å². The first-order valence-corrected chi connectivity index (χ1v) is 6.23. The van der Waals surface area contributed by atoms with E-state index in [4.69, 9.17) is 0 Å². The molecule has 0 aliphatic heterocycles. The molecule has 0 spiro atoms. The van der Waals surface area contributed by atoms with Crippen LogP contribution < -0.4 is 12.4 Å². The van der Waals surface area contributed by atoms with Crippen LogP contribution in [0.4, 0.5) is 0 Å². The summed E-state index contributed by atoms with van der Waals surface area (Å²) in [6, 6.07) is 0. The molecule has 4 radical (unpaired) electrons. The number of unbranched alkanes of at least 4 members (excludes halogenated alkanes) is 2. The second kappa shape index (κ2) is 25.2. The van der Waals surface area contributed by atoms with Crippen molar-refractivity contribution in [2.75, 3.05) is 0 Å². The van der Waals surface area contributed by atoms with E-state index in [2.05, 4.69) is 40.3 Å². The average Bonchev–Trinajstić information content (AvgIpc) is 2.31. The zero-order chi connectivity index (χ0) is 11.9. The van der Waals surface area contributed by atoms with E-state index >= 15 is 0 Å². The molecule has 0 aromatic carbocycles. The third kappa shape index (κ3) is 31.4. The van der Waals surface area contributed by atoms with Crippen LogP contribution in [0.3, 0.4) is 0 Å². The summed E-state index contributed by atoms with van der Waals surface area (Å²) in [5.41, 5.74) is 1.20. The van der Waals surface area contributed by atoms with E-state index < -0.39 is 0 Å². The van der Waals surface area contributed by atoms with Gasteiger partial charge in [-0.3, -0.25) is 0 Å². The number of rotatable bonds is 2. The fourth-order valence-electron chi connectivity index (χ4n) is 0.558. The van der Waals surface area contributed by atoms with E-state index in [1.165, 1.54) is 31.3 Å². The van der Waals surface area contributed by atoms with Gasteiger partial charge in [-0.1, -0.05) is 89.8 Å². The topological polar surface area (TPSA) is 0 Å². The normalized spacial score (nSPS) is 10.9. The summed E-state index contributed by atoms with van der Waals surface area (Å²) >= 11 is 0. The van der Waals surface area contributed by atoms with Gasteiger partial charge >= 0.3 is 0 Å². The third-order valence-corrected chi connectivity index (χ3v) is 1.96. The second-order valence-electron chi connectivity index (χ2n) is 3.65. The van der Waals surface area contributed by atoms with E-state index in [0.717, 1.165) is 6.42 Å². The molecule has 0 atom stereocenters. The van der Waals surface area contributed by atoms with Gasteiger partial charge in [0.25, 0.3) is 0 Å². The predicted molar refractivity (Wildman–Crippen MR) is 79.0 cm³/mol. The molecule has 0 N–H and O–H groups in total. The molecule has 100 valence electrons. The van der Waals surface area contributed by atoms with Crippen molar-refractivity contribution in [1.82, 2.24) is 0 Å². The molecule has 2 heteroatoms. The van der Waals surface area contributed by atoms with Crippen LogP contribution in [0.1, 0.15) is 59.8 Å². The van der Waals surface area contributed by atoms with Crippen LogP contribution >= 0.6 is 0 Å². The van der Waals surface area contributed by atoms with Gasteiger partial charge in [0.05, 0.1) is 0 Å². The largest absolute Gasteiger partial charge is 1.00 e. The molecular weight excluding hydrogens is 334 g/mol. The zero-order valence-electron chi connectivity index (χ0n) is 11.9. The fourth-order valence-corrected chi connectivity index (χ4v) is 0.558. The second-order valence-corrected chi connectivity index (χ2v) is 3.65. The average molecular weight is 363 g/mol. The molecule has 1 aliphatic carbocycles. The molecule has 0 saturated carbocycles. The van der Waals surface area contributed by atoms with Gasteiger partial charge in [0.1, 0.15) is 0 Å². The van der Waals surface area contributed by atoms with Crippen LogP contribution in [0, 0.1) is 0 Å². The summed E-state index contributed by atoms with van der Waals surface area (Å²) in [5.74, 6) is 0. The Morgan fingerprint density at radius 2 is 1.35 bits per heavy atom. The molecular formula is C15H28ClSn-. The Balaban J connectivity index is -0.0000000755. The Hall–Kier alpha value is 0.309. The van der Waals surface area contributed by atoms with Crippen LogP contribution in [0.2, 0.25) is 0 Å². The first-order chi connectivity index (χ1) is 7.22. The first kappa shape index (κ1) is 26.0. The molecule has 0 unspecified atom stereocenters. The molecule has 17 heavy (non-hydrogen) atoms. The van der Waals surface area contributed by atoms with Crippen LogP contribution in [0.25, 0.3) is 0 Å². The molecule has 0 heterocycles. The Morgan fingerprint density at radius 3 is 1.47 bits per heavy atom. The number of hydrogen-bond donors (Lipinski definition) is 0. The minimum atomic E-state index is 0. The van der Waals surface area contributed by atoms with E-state index in [-0.39, 0.29) is 36.3 Å². The van der Waals surface area contributed by atoms with Crippen molar-refractivity contribution in [1.29, 1.82) is 0 Å². The number of hydrogen-bond acceptors (Lipinski definition) is 0. The van der Waals surface area contributed by atoms with Crippen molar-refractivity contribution >= 4 is 23.9 Å². The minimum Gasteiger partial charge on any atom is -1.00 e. The van der Waals surface area contributed by atoms with Crippen molar-refractivity contribution in [3.63, 3.8) is 0 Å². The van der Waals surface area contributed by atoms with Gasteiger partial charge in [0.15, 0.2) is 0 Å². The molecule has 0 aromatic heterocycles. The van der Waals surface area contributed by atoms with E-state index in [0.29, 0.717) is 0 Å². The molecule has 0 amide bonds. The van der Waals surface area contributed by atoms with Crippen LogP contribution in [0.5, 0.6) is 0 Å². The first-order valence-electron chi connectivity index (χ1n) is 6.23. The van der Waals surface area contributed by atoms with E-state index in [9.17, 15) is 0 Å². The number of halogens is 1. The van der Waals surface area contributed by atoms with E-state index in [1.54, 1.807) is 0 Å². The summed E-state index contributed by atoms with van der Waals surface area (Å²) < 4.78 is 0. The molecule has 0 aromatic rings. The van der Waals surface area contributed by atoms with Crippen molar-refractivity contribution in [3.05, 3.63) is 36.5 Å². The Morgan fingerprint density at radius 1 is 0.941 bits per heavy atom. The maximum absolute atomic E-state index is 3.78. The summed E-state index contributed by atoms with van der Waals surface area (Å²) in [6.07, 6.45) is 14.5. The van der Waals surface area contributed by atoms with Gasteiger partial charge in [-0.25, -0.2) is 0 Å². The van der Waals surface area contributed by atoms with Gasteiger partial charge in [0.2, 0.25) is 0 Å². The number of allylic oxidation sites excluding steroid dienone is 5. The van der Waals surface area contributed by atoms with Gasteiger partial charge in [0, 0.05) is 23.9 Å². The monoisotopic (exact) mass is 363 g/mol. The maximum Gasteiger partial charge on any atom is 0 e. The van der Waals surface area contributed by atoms with Crippen molar-refractivity contribution in [2.45, 2.75) is 59.8 Å². The Kier molecular flexibility index (Phi) is 38.6. The minimum absolute atomic E-state index is 0. The molecule has 1 aliphatic rings. The van der Waals surface area contributed by atoms with Gasteiger partial charge in [-0.2, -0.15) is 0 Å². The Labute approximate surface area is 132 Å². The van der Waals surface area contributed by atoms with Crippen LogP contribution in [-0.4, -0.2) is 23.9 Å². The summed E-state index contributed by atoms with van der Waals surface area (Å²) in [5, 5.41) is 0. The van der Waals surface area contributed by atoms with Crippen molar-refractivity contribution in [2.24, 2.45) is 0 Å². The summed E-state index contributed by atoms with van der Waals surface area (Å²) in [4.78, 5) is 0.